The first-order chi connectivity index (χ1) is 8.89. The second kappa shape index (κ2) is 5.85. The molecule has 0 atom stereocenters. The summed E-state index contributed by atoms with van der Waals surface area (Å²) in [5.41, 5.74) is 2.07. The Hall–Kier alpha value is -0.530. The Balaban J connectivity index is 2.05. The SMILES string of the molecule is CC(C)(C)NCC1(Cc2ccc(Cl)cc2)CCCC1. The number of hydrogen-bond acceptors (Lipinski definition) is 1. The van der Waals surface area contributed by atoms with E-state index in [4.69, 9.17) is 11.6 Å². The van der Waals surface area contributed by atoms with Crippen molar-refractivity contribution in [3.05, 3.63) is 34.9 Å². The highest BCUT2D eigenvalue weighted by Gasteiger charge is 2.34. The molecule has 2 rings (SSSR count). The van der Waals surface area contributed by atoms with Gasteiger partial charge in [-0.25, -0.2) is 0 Å². The van der Waals surface area contributed by atoms with Gasteiger partial charge in [-0.3, -0.25) is 0 Å². The van der Waals surface area contributed by atoms with Crippen molar-refractivity contribution in [1.82, 2.24) is 5.32 Å². The average Bonchev–Trinajstić information content (AvgIpc) is 2.78. The molecule has 2 heteroatoms. The van der Waals surface area contributed by atoms with Crippen LogP contribution in [0, 0.1) is 5.41 Å². The third-order valence-corrected chi connectivity index (χ3v) is 4.40. The molecule has 1 saturated carbocycles. The molecule has 106 valence electrons. The molecular formula is C17H26ClN. The van der Waals surface area contributed by atoms with E-state index < -0.39 is 0 Å². The lowest BCUT2D eigenvalue weighted by molar-refractivity contribution is 0.245. The van der Waals surface area contributed by atoms with Crippen molar-refractivity contribution in [2.24, 2.45) is 5.41 Å². The van der Waals surface area contributed by atoms with Crippen LogP contribution in [0.1, 0.15) is 52.0 Å². The summed E-state index contributed by atoms with van der Waals surface area (Å²) in [6, 6.07) is 8.38. The Kier molecular flexibility index (Phi) is 4.58. The molecule has 1 nitrogen and oxygen atoms in total. The Morgan fingerprint density at radius 1 is 1.11 bits per heavy atom. The van der Waals surface area contributed by atoms with E-state index >= 15 is 0 Å². The van der Waals surface area contributed by atoms with Crippen molar-refractivity contribution in [3.63, 3.8) is 0 Å². The van der Waals surface area contributed by atoms with Crippen LogP contribution in [0.2, 0.25) is 5.02 Å². The van der Waals surface area contributed by atoms with Crippen LogP contribution in [-0.2, 0) is 6.42 Å². The van der Waals surface area contributed by atoms with Gasteiger partial charge in [-0.05, 0) is 63.1 Å². The van der Waals surface area contributed by atoms with E-state index in [0.29, 0.717) is 5.41 Å². The average molecular weight is 280 g/mol. The summed E-state index contributed by atoms with van der Waals surface area (Å²) in [5, 5.41) is 4.54. The predicted molar refractivity (Wildman–Crippen MR) is 83.8 cm³/mol. The maximum atomic E-state index is 5.97. The van der Waals surface area contributed by atoms with E-state index in [2.05, 4.69) is 38.2 Å². The second-order valence-electron chi connectivity index (χ2n) is 7.11. The molecule has 0 aliphatic heterocycles. The van der Waals surface area contributed by atoms with Gasteiger partial charge in [0, 0.05) is 17.1 Å². The van der Waals surface area contributed by atoms with Gasteiger partial charge in [0.15, 0.2) is 0 Å². The third-order valence-electron chi connectivity index (χ3n) is 4.15. The van der Waals surface area contributed by atoms with Gasteiger partial charge in [-0.1, -0.05) is 36.6 Å². The quantitative estimate of drug-likeness (QED) is 0.832. The predicted octanol–water partition coefficient (Wildman–Crippen LogP) is 4.83. The Bertz CT molecular complexity index is 396. The summed E-state index contributed by atoms with van der Waals surface area (Å²) in [6.07, 6.45) is 6.61. The van der Waals surface area contributed by atoms with Gasteiger partial charge in [-0.15, -0.1) is 0 Å². The lowest BCUT2D eigenvalue weighted by atomic mass is 9.79. The van der Waals surface area contributed by atoms with Crippen LogP contribution in [0.5, 0.6) is 0 Å². The van der Waals surface area contributed by atoms with Crippen LogP contribution in [0.4, 0.5) is 0 Å². The molecule has 19 heavy (non-hydrogen) atoms. The third kappa shape index (κ3) is 4.50. The Morgan fingerprint density at radius 3 is 2.21 bits per heavy atom. The first-order valence-electron chi connectivity index (χ1n) is 7.38. The number of benzene rings is 1. The second-order valence-corrected chi connectivity index (χ2v) is 7.55. The lowest BCUT2D eigenvalue weighted by Gasteiger charge is -2.33. The minimum atomic E-state index is 0.204. The van der Waals surface area contributed by atoms with Gasteiger partial charge < -0.3 is 5.32 Å². The molecule has 0 radical (unpaired) electrons. The fourth-order valence-electron chi connectivity index (χ4n) is 3.03. The van der Waals surface area contributed by atoms with Gasteiger partial charge in [0.05, 0.1) is 0 Å². The van der Waals surface area contributed by atoms with Crippen molar-refractivity contribution in [2.75, 3.05) is 6.54 Å². The molecule has 1 aromatic carbocycles. The van der Waals surface area contributed by atoms with Crippen LogP contribution in [0.25, 0.3) is 0 Å². The molecule has 1 aliphatic rings. The zero-order chi connectivity index (χ0) is 13.9. The normalized spacial score (nSPS) is 18.7. The van der Waals surface area contributed by atoms with Crippen LogP contribution in [-0.4, -0.2) is 12.1 Å². The van der Waals surface area contributed by atoms with Crippen molar-refractivity contribution in [3.8, 4) is 0 Å². The molecular weight excluding hydrogens is 254 g/mol. The highest BCUT2D eigenvalue weighted by Crippen LogP contribution is 2.40. The molecule has 1 N–H and O–H groups in total. The fraction of sp³-hybridized carbons (Fsp3) is 0.647. The number of rotatable bonds is 4. The standard InChI is InChI=1S/C17H26ClN/c1-16(2,3)19-13-17(10-4-5-11-17)12-14-6-8-15(18)9-7-14/h6-9,19H,4-5,10-13H2,1-3H3. The molecule has 0 bridgehead atoms. The van der Waals surface area contributed by atoms with E-state index in [-0.39, 0.29) is 5.54 Å². The number of halogens is 1. The lowest BCUT2D eigenvalue weighted by Crippen LogP contribution is -2.43. The summed E-state index contributed by atoms with van der Waals surface area (Å²) in [4.78, 5) is 0. The summed E-state index contributed by atoms with van der Waals surface area (Å²) in [7, 11) is 0. The monoisotopic (exact) mass is 279 g/mol. The minimum absolute atomic E-state index is 0.204. The van der Waals surface area contributed by atoms with E-state index in [0.717, 1.165) is 11.6 Å². The fourth-order valence-corrected chi connectivity index (χ4v) is 3.15. The van der Waals surface area contributed by atoms with Crippen molar-refractivity contribution in [2.45, 2.75) is 58.4 Å². The highest BCUT2D eigenvalue weighted by atomic mass is 35.5. The maximum Gasteiger partial charge on any atom is 0.0406 e. The molecule has 0 amide bonds. The first kappa shape index (κ1) is 14.9. The molecule has 0 spiro atoms. The Morgan fingerprint density at radius 2 is 1.68 bits per heavy atom. The van der Waals surface area contributed by atoms with Crippen LogP contribution < -0.4 is 5.32 Å². The molecule has 1 aromatic rings. The minimum Gasteiger partial charge on any atom is -0.312 e. The van der Waals surface area contributed by atoms with Crippen LogP contribution in [0.3, 0.4) is 0 Å². The smallest absolute Gasteiger partial charge is 0.0406 e. The van der Waals surface area contributed by atoms with Gasteiger partial charge >= 0.3 is 0 Å². The van der Waals surface area contributed by atoms with Crippen LogP contribution in [0.15, 0.2) is 24.3 Å². The van der Waals surface area contributed by atoms with E-state index in [1.807, 2.05) is 12.1 Å². The molecule has 0 unspecified atom stereocenters. The van der Waals surface area contributed by atoms with Crippen molar-refractivity contribution >= 4 is 11.6 Å². The zero-order valence-corrected chi connectivity index (χ0v) is 13.2. The molecule has 0 aromatic heterocycles. The van der Waals surface area contributed by atoms with Gasteiger partial charge in [0.1, 0.15) is 0 Å². The van der Waals surface area contributed by atoms with Crippen LogP contribution >= 0.6 is 11.6 Å². The van der Waals surface area contributed by atoms with E-state index in [9.17, 15) is 0 Å². The first-order valence-corrected chi connectivity index (χ1v) is 7.76. The largest absolute Gasteiger partial charge is 0.312 e. The topological polar surface area (TPSA) is 12.0 Å². The molecule has 0 heterocycles. The summed E-state index contributed by atoms with van der Waals surface area (Å²) in [5.74, 6) is 0. The highest BCUT2D eigenvalue weighted by molar-refractivity contribution is 6.30. The summed E-state index contributed by atoms with van der Waals surface area (Å²) in [6.45, 7) is 7.87. The van der Waals surface area contributed by atoms with Crippen molar-refractivity contribution < 1.29 is 0 Å². The molecule has 0 saturated heterocycles. The summed E-state index contributed by atoms with van der Waals surface area (Å²) < 4.78 is 0. The number of hydrogen-bond donors (Lipinski definition) is 1. The number of nitrogens with one attached hydrogen (secondary N) is 1. The van der Waals surface area contributed by atoms with Gasteiger partial charge in [0.25, 0.3) is 0 Å². The van der Waals surface area contributed by atoms with E-state index in [1.165, 1.54) is 37.7 Å². The van der Waals surface area contributed by atoms with Gasteiger partial charge in [-0.2, -0.15) is 0 Å². The Labute approximate surface area is 122 Å². The molecule has 1 aliphatic carbocycles. The van der Waals surface area contributed by atoms with Gasteiger partial charge in [0.2, 0.25) is 0 Å². The van der Waals surface area contributed by atoms with Crippen molar-refractivity contribution in [1.29, 1.82) is 0 Å². The zero-order valence-electron chi connectivity index (χ0n) is 12.4. The van der Waals surface area contributed by atoms with E-state index in [1.54, 1.807) is 0 Å². The maximum absolute atomic E-state index is 5.97. The molecule has 1 fully saturated rings. The summed E-state index contributed by atoms with van der Waals surface area (Å²) >= 11 is 5.97.